The molecule has 23 heavy (non-hydrogen) atoms. The Bertz CT molecular complexity index is 830. The van der Waals surface area contributed by atoms with Gasteiger partial charge < -0.3 is 4.52 Å². The van der Waals surface area contributed by atoms with Crippen LogP contribution in [0.15, 0.2) is 35.1 Å². The Morgan fingerprint density at radius 3 is 2.65 bits per heavy atom. The number of pyridine rings is 1. The second-order valence-corrected chi connectivity index (χ2v) is 5.27. The molecule has 6 nitrogen and oxygen atoms in total. The Labute approximate surface area is 129 Å². The summed E-state index contributed by atoms with van der Waals surface area (Å²) in [6.07, 6.45) is 2.55. The minimum absolute atomic E-state index is 0.266. The Hall–Kier alpha value is -2.77. The lowest BCUT2D eigenvalue weighted by atomic mass is 10.2. The van der Waals surface area contributed by atoms with E-state index >= 15 is 0 Å². The van der Waals surface area contributed by atoms with Crippen LogP contribution >= 0.6 is 0 Å². The summed E-state index contributed by atoms with van der Waals surface area (Å²) in [5.74, 6) is 1.75. The monoisotopic (exact) mass is 315 g/mol. The van der Waals surface area contributed by atoms with Gasteiger partial charge in [0.05, 0.1) is 0 Å². The predicted molar refractivity (Wildman–Crippen MR) is 75.5 cm³/mol. The molecule has 1 saturated carbocycles. The van der Waals surface area contributed by atoms with Crippen LogP contribution in [0.4, 0.5) is 8.78 Å². The van der Waals surface area contributed by atoms with Crippen LogP contribution in [0.3, 0.4) is 0 Å². The molecule has 1 fully saturated rings. The average molecular weight is 315 g/mol. The van der Waals surface area contributed by atoms with Crippen molar-refractivity contribution in [2.24, 2.45) is 0 Å². The van der Waals surface area contributed by atoms with E-state index in [0.29, 0.717) is 17.2 Å². The third kappa shape index (κ3) is 2.79. The molecule has 3 aromatic rings. The Morgan fingerprint density at radius 1 is 1.09 bits per heavy atom. The maximum atomic E-state index is 12.5. The van der Waals surface area contributed by atoms with Gasteiger partial charge in [-0.3, -0.25) is 4.98 Å². The van der Waals surface area contributed by atoms with Crippen molar-refractivity contribution in [3.8, 4) is 23.0 Å². The van der Waals surface area contributed by atoms with Crippen molar-refractivity contribution >= 4 is 0 Å². The SMILES string of the molecule is FC(F)c1ccc(-c2noc(-c3ccnc(C4CC4)n3)n2)cn1. The number of hydrogen-bond acceptors (Lipinski definition) is 6. The standard InChI is InChI=1S/C15H11F2N5O/c16-12(17)10-4-3-9(7-19-10)14-21-15(23-22-14)11-5-6-18-13(20-11)8-1-2-8/h3-8,12H,1-2H2. The van der Waals surface area contributed by atoms with Crippen LogP contribution in [0.5, 0.6) is 0 Å². The summed E-state index contributed by atoms with van der Waals surface area (Å²) in [5, 5.41) is 3.85. The molecule has 1 aliphatic carbocycles. The van der Waals surface area contributed by atoms with Crippen molar-refractivity contribution in [1.82, 2.24) is 25.1 Å². The first-order valence-electron chi connectivity index (χ1n) is 7.12. The summed E-state index contributed by atoms with van der Waals surface area (Å²) in [6, 6.07) is 4.42. The summed E-state index contributed by atoms with van der Waals surface area (Å²) >= 11 is 0. The van der Waals surface area contributed by atoms with Crippen LogP contribution in [0, 0.1) is 0 Å². The second-order valence-electron chi connectivity index (χ2n) is 5.27. The quantitative estimate of drug-likeness (QED) is 0.734. The molecule has 0 aliphatic heterocycles. The maximum Gasteiger partial charge on any atom is 0.280 e. The molecule has 0 spiro atoms. The van der Waals surface area contributed by atoms with Crippen LogP contribution < -0.4 is 0 Å². The Morgan fingerprint density at radius 2 is 1.96 bits per heavy atom. The van der Waals surface area contributed by atoms with Gasteiger partial charge >= 0.3 is 0 Å². The molecular formula is C15H11F2N5O. The van der Waals surface area contributed by atoms with Crippen LogP contribution in [0.1, 0.15) is 36.7 Å². The molecule has 0 aromatic carbocycles. The van der Waals surface area contributed by atoms with E-state index in [-0.39, 0.29) is 17.4 Å². The van der Waals surface area contributed by atoms with Gasteiger partial charge in [0.1, 0.15) is 17.2 Å². The first kappa shape index (κ1) is 13.9. The number of nitrogens with zero attached hydrogens (tertiary/aromatic N) is 5. The van der Waals surface area contributed by atoms with Crippen molar-refractivity contribution < 1.29 is 13.3 Å². The predicted octanol–water partition coefficient (Wildman–Crippen LogP) is 3.40. The molecule has 0 bridgehead atoms. The number of rotatable bonds is 4. The van der Waals surface area contributed by atoms with Gasteiger partial charge in [0.25, 0.3) is 12.3 Å². The molecule has 3 heterocycles. The zero-order valence-electron chi connectivity index (χ0n) is 11.9. The van der Waals surface area contributed by atoms with Gasteiger partial charge in [0.15, 0.2) is 0 Å². The van der Waals surface area contributed by atoms with Gasteiger partial charge in [0.2, 0.25) is 5.82 Å². The summed E-state index contributed by atoms with van der Waals surface area (Å²) in [4.78, 5) is 16.6. The fraction of sp³-hybridized carbons (Fsp3) is 0.267. The van der Waals surface area contributed by atoms with Gasteiger partial charge in [-0.2, -0.15) is 4.98 Å². The molecule has 0 saturated heterocycles. The van der Waals surface area contributed by atoms with Crippen molar-refractivity contribution in [3.63, 3.8) is 0 Å². The molecule has 4 rings (SSSR count). The van der Waals surface area contributed by atoms with E-state index in [1.807, 2.05) is 0 Å². The van der Waals surface area contributed by atoms with E-state index in [9.17, 15) is 8.78 Å². The molecule has 3 aromatic heterocycles. The zero-order chi connectivity index (χ0) is 15.8. The van der Waals surface area contributed by atoms with Crippen molar-refractivity contribution in [3.05, 3.63) is 42.1 Å². The van der Waals surface area contributed by atoms with E-state index in [4.69, 9.17) is 4.52 Å². The largest absolute Gasteiger partial charge is 0.332 e. The van der Waals surface area contributed by atoms with Crippen LogP contribution in [-0.2, 0) is 0 Å². The minimum Gasteiger partial charge on any atom is -0.332 e. The van der Waals surface area contributed by atoms with E-state index in [1.54, 1.807) is 12.3 Å². The van der Waals surface area contributed by atoms with Gasteiger partial charge in [-0.05, 0) is 31.0 Å². The Balaban J connectivity index is 1.62. The highest BCUT2D eigenvalue weighted by atomic mass is 19.3. The normalized spacial score (nSPS) is 14.4. The molecule has 116 valence electrons. The zero-order valence-corrected chi connectivity index (χ0v) is 11.9. The summed E-state index contributed by atoms with van der Waals surface area (Å²) in [7, 11) is 0. The third-order valence-corrected chi connectivity index (χ3v) is 3.53. The highest BCUT2D eigenvalue weighted by Crippen LogP contribution is 2.38. The van der Waals surface area contributed by atoms with Gasteiger partial charge in [-0.15, -0.1) is 0 Å². The summed E-state index contributed by atoms with van der Waals surface area (Å²) in [6.45, 7) is 0. The molecule has 0 unspecified atom stereocenters. The molecule has 0 N–H and O–H groups in total. The van der Waals surface area contributed by atoms with E-state index in [2.05, 4.69) is 25.1 Å². The first-order chi connectivity index (χ1) is 11.2. The van der Waals surface area contributed by atoms with Crippen LogP contribution in [-0.4, -0.2) is 25.1 Å². The average Bonchev–Trinajstić information content (AvgIpc) is 3.32. The molecule has 0 atom stereocenters. The highest BCUT2D eigenvalue weighted by Gasteiger charge is 2.27. The van der Waals surface area contributed by atoms with Crippen molar-refractivity contribution in [1.29, 1.82) is 0 Å². The smallest absolute Gasteiger partial charge is 0.280 e. The van der Waals surface area contributed by atoms with Crippen molar-refractivity contribution in [2.45, 2.75) is 25.2 Å². The first-order valence-corrected chi connectivity index (χ1v) is 7.12. The second kappa shape index (κ2) is 5.45. The lowest BCUT2D eigenvalue weighted by Gasteiger charge is -1.98. The summed E-state index contributed by atoms with van der Waals surface area (Å²) < 4.78 is 30.2. The molecular weight excluding hydrogens is 304 g/mol. The lowest BCUT2D eigenvalue weighted by Crippen LogP contribution is -1.94. The van der Waals surface area contributed by atoms with Gasteiger partial charge in [0, 0.05) is 23.9 Å². The summed E-state index contributed by atoms with van der Waals surface area (Å²) in [5.41, 5.74) is 0.765. The maximum absolute atomic E-state index is 12.5. The molecule has 0 amide bonds. The Kier molecular flexibility index (Phi) is 3.29. The minimum atomic E-state index is -2.60. The van der Waals surface area contributed by atoms with Crippen molar-refractivity contribution in [2.75, 3.05) is 0 Å². The highest BCUT2D eigenvalue weighted by molar-refractivity contribution is 5.56. The fourth-order valence-corrected chi connectivity index (χ4v) is 2.14. The topological polar surface area (TPSA) is 77.6 Å². The number of aromatic nitrogens is 5. The number of hydrogen-bond donors (Lipinski definition) is 0. The van der Waals surface area contributed by atoms with E-state index < -0.39 is 6.43 Å². The number of alkyl halides is 2. The lowest BCUT2D eigenvalue weighted by molar-refractivity contribution is 0.146. The van der Waals surface area contributed by atoms with E-state index in [0.717, 1.165) is 18.7 Å². The molecule has 1 aliphatic rings. The van der Waals surface area contributed by atoms with Crippen LogP contribution in [0.2, 0.25) is 0 Å². The fourth-order valence-electron chi connectivity index (χ4n) is 2.14. The van der Waals surface area contributed by atoms with Crippen LogP contribution in [0.25, 0.3) is 23.0 Å². The molecule has 8 heteroatoms. The molecule has 0 radical (unpaired) electrons. The van der Waals surface area contributed by atoms with Gasteiger partial charge in [-0.25, -0.2) is 18.7 Å². The van der Waals surface area contributed by atoms with E-state index in [1.165, 1.54) is 18.3 Å². The van der Waals surface area contributed by atoms with Gasteiger partial charge in [-0.1, -0.05) is 5.16 Å². The third-order valence-electron chi connectivity index (χ3n) is 3.53. The number of halogens is 2.